The maximum absolute atomic E-state index is 13.7. The SMILES string of the molecule is O=C(O)c1ccc(Cl)nc1Oc1c(F)cccc1[N+](=O)[O-]. The number of hydrogen-bond donors (Lipinski definition) is 1. The third-order valence-electron chi connectivity index (χ3n) is 2.40. The van der Waals surface area contributed by atoms with Crippen LogP contribution in [0.5, 0.6) is 11.6 Å². The van der Waals surface area contributed by atoms with E-state index in [4.69, 9.17) is 21.4 Å². The summed E-state index contributed by atoms with van der Waals surface area (Å²) < 4.78 is 18.7. The Kier molecular flexibility index (Phi) is 3.99. The van der Waals surface area contributed by atoms with Gasteiger partial charge in [0.1, 0.15) is 10.7 Å². The van der Waals surface area contributed by atoms with E-state index >= 15 is 0 Å². The van der Waals surface area contributed by atoms with Crippen molar-refractivity contribution in [3.63, 3.8) is 0 Å². The lowest BCUT2D eigenvalue weighted by Gasteiger charge is -2.08. The average Bonchev–Trinajstić information content (AvgIpc) is 2.40. The Morgan fingerprint density at radius 2 is 2.10 bits per heavy atom. The number of nitro benzene ring substituents is 1. The van der Waals surface area contributed by atoms with Crippen LogP contribution in [0, 0.1) is 15.9 Å². The molecule has 0 fully saturated rings. The lowest BCUT2D eigenvalue weighted by Crippen LogP contribution is -2.04. The predicted octanol–water partition coefficient (Wildman–Crippen LogP) is 3.27. The minimum atomic E-state index is -1.40. The van der Waals surface area contributed by atoms with Gasteiger partial charge in [0.15, 0.2) is 5.82 Å². The van der Waals surface area contributed by atoms with Crippen LogP contribution < -0.4 is 4.74 Å². The Morgan fingerprint density at radius 1 is 1.38 bits per heavy atom. The molecule has 0 aliphatic carbocycles. The minimum Gasteiger partial charge on any atom is -0.477 e. The maximum atomic E-state index is 13.7. The van der Waals surface area contributed by atoms with Crippen molar-refractivity contribution in [2.75, 3.05) is 0 Å². The molecule has 0 saturated heterocycles. The van der Waals surface area contributed by atoms with Gasteiger partial charge in [-0.3, -0.25) is 10.1 Å². The van der Waals surface area contributed by atoms with E-state index in [1.165, 1.54) is 6.07 Å². The van der Waals surface area contributed by atoms with Gasteiger partial charge >= 0.3 is 11.7 Å². The number of pyridine rings is 1. The number of aromatic carboxylic acids is 1. The van der Waals surface area contributed by atoms with Gasteiger partial charge in [-0.25, -0.2) is 14.2 Å². The highest BCUT2D eigenvalue weighted by atomic mass is 35.5. The molecule has 0 aliphatic rings. The molecule has 0 unspecified atom stereocenters. The first-order valence-corrected chi connectivity index (χ1v) is 5.78. The van der Waals surface area contributed by atoms with Crippen LogP contribution in [0.4, 0.5) is 10.1 Å². The zero-order valence-electron chi connectivity index (χ0n) is 10.1. The molecule has 108 valence electrons. The fourth-order valence-electron chi connectivity index (χ4n) is 1.50. The Labute approximate surface area is 121 Å². The number of hydrogen-bond acceptors (Lipinski definition) is 5. The molecule has 1 heterocycles. The van der Waals surface area contributed by atoms with E-state index < -0.39 is 39.6 Å². The molecule has 1 aromatic heterocycles. The number of para-hydroxylation sites is 1. The topological polar surface area (TPSA) is 103 Å². The van der Waals surface area contributed by atoms with Gasteiger partial charge in [-0.2, -0.15) is 0 Å². The summed E-state index contributed by atoms with van der Waals surface area (Å²) in [4.78, 5) is 24.6. The zero-order valence-corrected chi connectivity index (χ0v) is 10.9. The van der Waals surface area contributed by atoms with Crippen LogP contribution >= 0.6 is 11.6 Å². The van der Waals surface area contributed by atoms with Crippen molar-refractivity contribution in [1.29, 1.82) is 0 Å². The molecule has 1 aromatic carbocycles. The summed E-state index contributed by atoms with van der Waals surface area (Å²) in [6.07, 6.45) is 0. The van der Waals surface area contributed by atoms with Crippen LogP contribution in [0.3, 0.4) is 0 Å². The summed E-state index contributed by atoms with van der Waals surface area (Å²) >= 11 is 5.62. The van der Waals surface area contributed by atoms with Crippen LogP contribution in [0.25, 0.3) is 0 Å². The van der Waals surface area contributed by atoms with E-state index in [1.54, 1.807) is 0 Å². The number of aromatic nitrogens is 1. The Hall–Kier alpha value is -2.74. The number of nitrogens with zero attached hydrogens (tertiary/aromatic N) is 2. The summed E-state index contributed by atoms with van der Waals surface area (Å²) in [5, 5.41) is 19.7. The quantitative estimate of drug-likeness (QED) is 0.528. The number of carboxylic acid groups (broad SMARTS) is 1. The molecule has 1 N–H and O–H groups in total. The molecule has 0 atom stereocenters. The minimum absolute atomic E-state index is 0.103. The summed E-state index contributed by atoms with van der Waals surface area (Å²) in [7, 11) is 0. The van der Waals surface area contributed by atoms with E-state index in [-0.39, 0.29) is 5.15 Å². The number of rotatable bonds is 4. The van der Waals surface area contributed by atoms with Crippen molar-refractivity contribution < 1.29 is 24.0 Å². The van der Waals surface area contributed by atoms with Gasteiger partial charge in [0.05, 0.1) is 4.92 Å². The van der Waals surface area contributed by atoms with Crippen LogP contribution in [0.1, 0.15) is 10.4 Å². The fraction of sp³-hybridized carbons (Fsp3) is 0. The normalized spacial score (nSPS) is 10.2. The van der Waals surface area contributed by atoms with Gasteiger partial charge in [-0.15, -0.1) is 0 Å². The third-order valence-corrected chi connectivity index (χ3v) is 2.61. The molecule has 0 bridgehead atoms. The summed E-state index contributed by atoms with van der Waals surface area (Å²) in [5.74, 6) is -3.70. The summed E-state index contributed by atoms with van der Waals surface area (Å²) in [5.41, 5.74) is -1.06. The number of ether oxygens (including phenoxy) is 1. The van der Waals surface area contributed by atoms with Crippen molar-refractivity contribution in [3.05, 3.63) is 57.0 Å². The lowest BCUT2D eigenvalue weighted by molar-refractivity contribution is -0.385. The molecule has 2 rings (SSSR count). The number of halogens is 2. The molecular weight excluding hydrogens is 307 g/mol. The molecular formula is C12H6ClFN2O5. The predicted molar refractivity (Wildman–Crippen MR) is 69.3 cm³/mol. The molecule has 21 heavy (non-hydrogen) atoms. The Bertz CT molecular complexity index is 738. The molecule has 0 radical (unpaired) electrons. The molecule has 0 saturated carbocycles. The smallest absolute Gasteiger partial charge is 0.341 e. The highest BCUT2D eigenvalue weighted by Crippen LogP contribution is 2.34. The molecule has 0 spiro atoms. The molecule has 0 aliphatic heterocycles. The van der Waals surface area contributed by atoms with Gasteiger partial charge in [-0.05, 0) is 18.2 Å². The molecule has 7 nitrogen and oxygen atoms in total. The maximum Gasteiger partial charge on any atom is 0.341 e. The van der Waals surface area contributed by atoms with Crippen LogP contribution in [-0.2, 0) is 0 Å². The zero-order chi connectivity index (χ0) is 15.6. The van der Waals surface area contributed by atoms with E-state index in [0.29, 0.717) is 0 Å². The monoisotopic (exact) mass is 312 g/mol. The van der Waals surface area contributed by atoms with Gasteiger partial charge in [0, 0.05) is 6.07 Å². The fourth-order valence-corrected chi connectivity index (χ4v) is 1.64. The highest BCUT2D eigenvalue weighted by Gasteiger charge is 2.23. The van der Waals surface area contributed by atoms with Gasteiger partial charge in [0.25, 0.3) is 0 Å². The second-order valence-electron chi connectivity index (χ2n) is 3.74. The Balaban J connectivity index is 2.55. The van der Waals surface area contributed by atoms with E-state index in [2.05, 4.69) is 4.98 Å². The van der Waals surface area contributed by atoms with Crippen molar-refractivity contribution in [1.82, 2.24) is 4.98 Å². The second-order valence-corrected chi connectivity index (χ2v) is 4.13. The molecule has 9 heteroatoms. The van der Waals surface area contributed by atoms with Crippen molar-refractivity contribution in [3.8, 4) is 11.6 Å². The first-order valence-electron chi connectivity index (χ1n) is 5.40. The first kappa shape index (κ1) is 14.7. The summed E-state index contributed by atoms with van der Waals surface area (Å²) in [6.45, 7) is 0. The van der Waals surface area contributed by atoms with Gasteiger partial charge < -0.3 is 9.84 Å². The van der Waals surface area contributed by atoms with Crippen LogP contribution in [-0.4, -0.2) is 21.0 Å². The lowest BCUT2D eigenvalue weighted by atomic mass is 10.2. The summed E-state index contributed by atoms with van der Waals surface area (Å²) in [6, 6.07) is 5.38. The number of carbonyl (C=O) groups is 1. The van der Waals surface area contributed by atoms with E-state index in [1.807, 2.05) is 0 Å². The largest absolute Gasteiger partial charge is 0.477 e. The Morgan fingerprint density at radius 3 is 2.71 bits per heavy atom. The first-order chi connectivity index (χ1) is 9.90. The number of nitro groups is 1. The third kappa shape index (κ3) is 3.06. The highest BCUT2D eigenvalue weighted by molar-refractivity contribution is 6.29. The van der Waals surface area contributed by atoms with E-state index in [9.17, 15) is 19.3 Å². The van der Waals surface area contributed by atoms with Crippen molar-refractivity contribution >= 4 is 23.3 Å². The van der Waals surface area contributed by atoms with Gasteiger partial charge in [0.2, 0.25) is 11.6 Å². The van der Waals surface area contributed by atoms with Crippen LogP contribution in [0.15, 0.2) is 30.3 Å². The van der Waals surface area contributed by atoms with Gasteiger partial charge in [-0.1, -0.05) is 17.7 Å². The standard InChI is InChI=1S/C12H6ClFN2O5/c13-9-5-4-6(12(17)18)11(15-9)21-10-7(14)2-1-3-8(10)16(19)20/h1-5H,(H,17,18). The average molecular weight is 313 g/mol. The number of carboxylic acids is 1. The van der Waals surface area contributed by atoms with Crippen molar-refractivity contribution in [2.24, 2.45) is 0 Å². The second kappa shape index (κ2) is 5.71. The molecule has 0 amide bonds. The molecule has 2 aromatic rings. The van der Waals surface area contributed by atoms with Crippen molar-refractivity contribution in [2.45, 2.75) is 0 Å². The van der Waals surface area contributed by atoms with E-state index in [0.717, 1.165) is 24.3 Å². The van der Waals surface area contributed by atoms with Crippen LogP contribution in [0.2, 0.25) is 5.15 Å². The number of benzene rings is 1.